The van der Waals surface area contributed by atoms with Gasteiger partial charge in [0.2, 0.25) is 0 Å². The molecule has 100 valence electrons. The number of hydrogen-bond acceptors (Lipinski definition) is 4. The average Bonchev–Trinajstić information content (AvgIpc) is 2.59. The molecule has 1 fully saturated rings. The summed E-state index contributed by atoms with van der Waals surface area (Å²) in [7, 11) is 0. The lowest BCUT2D eigenvalue weighted by Gasteiger charge is -2.28. The van der Waals surface area contributed by atoms with E-state index in [0.717, 1.165) is 11.3 Å². The second kappa shape index (κ2) is 5.34. The molecule has 3 N–H and O–H groups in total. The molecule has 0 spiro atoms. The molecular formula is C14H23N3O. The molecule has 1 aromatic heterocycles. The van der Waals surface area contributed by atoms with Crippen LogP contribution < -0.4 is 11.3 Å². The van der Waals surface area contributed by atoms with Crippen LogP contribution in [0.3, 0.4) is 0 Å². The molecule has 18 heavy (non-hydrogen) atoms. The predicted octanol–water partition coefficient (Wildman–Crippen LogP) is 1.95. The first-order chi connectivity index (χ1) is 8.54. The van der Waals surface area contributed by atoms with Gasteiger partial charge in [-0.1, -0.05) is 13.0 Å². The van der Waals surface area contributed by atoms with Crippen molar-refractivity contribution in [2.45, 2.75) is 45.9 Å². The van der Waals surface area contributed by atoms with Gasteiger partial charge in [0.15, 0.2) is 0 Å². The summed E-state index contributed by atoms with van der Waals surface area (Å²) in [6.45, 7) is 8.46. The van der Waals surface area contributed by atoms with Crippen molar-refractivity contribution in [2.24, 2.45) is 17.7 Å². The summed E-state index contributed by atoms with van der Waals surface area (Å²) in [5.41, 5.74) is 5.09. The number of ether oxygens (including phenoxy) is 1. The predicted molar refractivity (Wildman–Crippen MR) is 71.7 cm³/mol. The molecule has 2 rings (SSSR count). The van der Waals surface area contributed by atoms with Crippen LogP contribution >= 0.6 is 0 Å². The average molecular weight is 249 g/mol. The van der Waals surface area contributed by atoms with E-state index in [-0.39, 0.29) is 18.2 Å². The number of pyridine rings is 1. The molecule has 0 amide bonds. The van der Waals surface area contributed by atoms with Gasteiger partial charge in [-0.05, 0) is 38.3 Å². The summed E-state index contributed by atoms with van der Waals surface area (Å²) in [5.74, 6) is 6.60. The van der Waals surface area contributed by atoms with Crippen LogP contribution in [0.25, 0.3) is 0 Å². The van der Waals surface area contributed by atoms with Crippen molar-refractivity contribution >= 4 is 0 Å². The molecule has 1 saturated heterocycles. The highest BCUT2D eigenvalue weighted by Crippen LogP contribution is 2.39. The van der Waals surface area contributed by atoms with Gasteiger partial charge in [0.25, 0.3) is 0 Å². The number of aromatic nitrogens is 1. The van der Waals surface area contributed by atoms with Gasteiger partial charge >= 0.3 is 0 Å². The van der Waals surface area contributed by atoms with Crippen molar-refractivity contribution < 1.29 is 4.74 Å². The quantitative estimate of drug-likeness (QED) is 0.635. The van der Waals surface area contributed by atoms with E-state index in [4.69, 9.17) is 10.6 Å². The minimum atomic E-state index is 0.0908. The zero-order valence-electron chi connectivity index (χ0n) is 11.6. The fraction of sp³-hybridized carbons (Fsp3) is 0.643. The zero-order valence-corrected chi connectivity index (χ0v) is 11.6. The third-order valence-electron chi connectivity index (χ3n) is 4.18. The van der Waals surface area contributed by atoms with Gasteiger partial charge in [0.05, 0.1) is 18.2 Å². The first-order valence-corrected chi connectivity index (χ1v) is 6.58. The van der Waals surface area contributed by atoms with Crippen LogP contribution in [0.1, 0.15) is 38.1 Å². The first kappa shape index (κ1) is 13.5. The second-order valence-corrected chi connectivity index (χ2v) is 5.36. The van der Waals surface area contributed by atoms with E-state index in [1.807, 2.05) is 19.2 Å². The van der Waals surface area contributed by atoms with Crippen LogP contribution in [0.5, 0.6) is 0 Å². The maximum atomic E-state index is 5.90. The van der Waals surface area contributed by atoms with Gasteiger partial charge < -0.3 is 4.74 Å². The minimum Gasteiger partial charge on any atom is -0.375 e. The third-order valence-corrected chi connectivity index (χ3v) is 4.18. The first-order valence-electron chi connectivity index (χ1n) is 6.58. The molecule has 4 heteroatoms. The topological polar surface area (TPSA) is 60.2 Å². The van der Waals surface area contributed by atoms with Crippen molar-refractivity contribution in [1.29, 1.82) is 0 Å². The van der Waals surface area contributed by atoms with E-state index in [2.05, 4.69) is 37.2 Å². The highest BCUT2D eigenvalue weighted by atomic mass is 16.5. The van der Waals surface area contributed by atoms with Crippen molar-refractivity contribution in [3.8, 4) is 0 Å². The normalized spacial score (nSPS) is 33.6. The summed E-state index contributed by atoms with van der Waals surface area (Å²) in [4.78, 5) is 4.35. The van der Waals surface area contributed by atoms with Gasteiger partial charge in [0.1, 0.15) is 0 Å². The minimum absolute atomic E-state index is 0.0908. The number of aryl methyl sites for hydroxylation is 1. The highest BCUT2D eigenvalue weighted by Gasteiger charge is 2.41. The largest absolute Gasteiger partial charge is 0.375 e. The highest BCUT2D eigenvalue weighted by molar-refractivity contribution is 5.19. The van der Waals surface area contributed by atoms with Crippen molar-refractivity contribution in [3.63, 3.8) is 0 Å². The van der Waals surface area contributed by atoms with Crippen LogP contribution in [0.4, 0.5) is 0 Å². The van der Waals surface area contributed by atoms with E-state index in [0.29, 0.717) is 11.8 Å². The van der Waals surface area contributed by atoms with Crippen LogP contribution in [0.2, 0.25) is 0 Å². The fourth-order valence-electron chi connectivity index (χ4n) is 2.96. The number of hydrazine groups is 1. The Kier molecular flexibility index (Phi) is 4.00. The maximum absolute atomic E-state index is 5.90. The van der Waals surface area contributed by atoms with Crippen LogP contribution in [0.15, 0.2) is 18.3 Å². The molecule has 5 atom stereocenters. The Morgan fingerprint density at radius 2 is 2.00 bits per heavy atom. The number of hydrogen-bond donors (Lipinski definition) is 2. The maximum Gasteiger partial charge on any atom is 0.0601 e. The van der Waals surface area contributed by atoms with E-state index in [9.17, 15) is 0 Å². The van der Waals surface area contributed by atoms with Gasteiger partial charge in [-0.3, -0.25) is 16.3 Å². The number of rotatable bonds is 3. The molecule has 0 saturated carbocycles. The fourth-order valence-corrected chi connectivity index (χ4v) is 2.96. The molecule has 2 heterocycles. The SMILES string of the molecule is Cc1ccc(C(NN)C2C(C)OC(C)C2C)cn1. The summed E-state index contributed by atoms with van der Waals surface area (Å²) in [6.07, 6.45) is 2.39. The number of nitrogens with two attached hydrogens (primary N) is 1. The lowest BCUT2D eigenvalue weighted by Crippen LogP contribution is -2.38. The van der Waals surface area contributed by atoms with Gasteiger partial charge in [0, 0.05) is 17.8 Å². The summed E-state index contributed by atoms with van der Waals surface area (Å²) in [6, 6.07) is 4.21. The van der Waals surface area contributed by atoms with E-state index in [1.165, 1.54) is 0 Å². The Hall–Kier alpha value is -0.970. The lowest BCUT2D eigenvalue weighted by molar-refractivity contribution is 0.0475. The molecule has 0 bridgehead atoms. The Balaban J connectivity index is 2.25. The number of nitrogens with zero attached hydrogens (tertiary/aromatic N) is 1. The Bertz CT molecular complexity index is 393. The summed E-state index contributed by atoms with van der Waals surface area (Å²) in [5, 5.41) is 0. The van der Waals surface area contributed by atoms with E-state index in [1.54, 1.807) is 0 Å². The summed E-state index contributed by atoms with van der Waals surface area (Å²) < 4.78 is 5.90. The third kappa shape index (κ3) is 2.41. The monoisotopic (exact) mass is 249 g/mol. The van der Waals surface area contributed by atoms with Crippen LogP contribution in [0, 0.1) is 18.8 Å². The van der Waals surface area contributed by atoms with Crippen LogP contribution in [-0.4, -0.2) is 17.2 Å². The summed E-state index contributed by atoms with van der Waals surface area (Å²) >= 11 is 0. The molecule has 0 aliphatic carbocycles. The molecule has 1 aromatic rings. The molecular weight excluding hydrogens is 226 g/mol. The molecule has 1 aliphatic rings. The Labute approximate surface area is 109 Å². The van der Waals surface area contributed by atoms with Gasteiger partial charge in [-0.25, -0.2) is 0 Å². The second-order valence-electron chi connectivity index (χ2n) is 5.36. The van der Waals surface area contributed by atoms with E-state index >= 15 is 0 Å². The van der Waals surface area contributed by atoms with Crippen molar-refractivity contribution in [2.75, 3.05) is 0 Å². The smallest absolute Gasteiger partial charge is 0.0601 e. The number of nitrogens with one attached hydrogen (secondary N) is 1. The van der Waals surface area contributed by atoms with Gasteiger partial charge in [-0.2, -0.15) is 0 Å². The van der Waals surface area contributed by atoms with E-state index < -0.39 is 0 Å². The van der Waals surface area contributed by atoms with Crippen molar-refractivity contribution in [1.82, 2.24) is 10.4 Å². The molecule has 4 nitrogen and oxygen atoms in total. The zero-order chi connectivity index (χ0) is 13.3. The lowest BCUT2D eigenvalue weighted by atomic mass is 9.81. The molecule has 1 aliphatic heterocycles. The molecule has 5 unspecified atom stereocenters. The van der Waals surface area contributed by atoms with Crippen LogP contribution in [-0.2, 0) is 4.74 Å². The Morgan fingerprint density at radius 3 is 2.44 bits per heavy atom. The molecule has 0 aromatic carbocycles. The Morgan fingerprint density at radius 1 is 1.28 bits per heavy atom. The standard InChI is InChI=1S/C14H23N3O/c1-8-5-6-12(7-16-8)14(17-15)13-9(2)10(3)18-11(13)4/h5-7,9-11,13-14,17H,15H2,1-4H3. The molecule has 0 radical (unpaired) electrons. The van der Waals surface area contributed by atoms with Crippen molar-refractivity contribution in [3.05, 3.63) is 29.6 Å². The van der Waals surface area contributed by atoms with Gasteiger partial charge in [-0.15, -0.1) is 0 Å².